The second-order valence-electron chi connectivity index (χ2n) is 8.42. The maximum absolute atomic E-state index is 12.6. The van der Waals surface area contributed by atoms with Crippen LogP contribution in [0.2, 0.25) is 0 Å². The topological polar surface area (TPSA) is 68.2 Å². The van der Waals surface area contributed by atoms with Gasteiger partial charge in [-0.25, -0.2) is 15.0 Å². The first-order chi connectivity index (χ1) is 16.3. The van der Waals surface area contributed by atoms with Crippen molar-refractivity contribution >= 4 is 55.1 Å². The molecule has 6 nitrogen and oxygen atoms in total. The van der Waals surface area contributed by atoms with Gasteiger partial charge in [-0.15, -0.1) is 11.3 Å². The van der Waals surface area contributed by atoms with Gasteiger partial charge in [0.05, 0.1) is 29.2 Å². The standard InChI is InChI=1S/C25H24N4O2S2/c30-19(16-6-2-1-3-7-16)14-32-25-22-21(26-15-27-25)20-17-8-4-5-9-18(17)23(28-24(20)33-22)29-10-12-31-13-11-29/h1-3,6-7,15H,4-5,8-14H2. The highest BCUT2D eigenvalue weighted by Crippen LogP contribution is 2.43. The average Bonchev–Trinajstić information content (AvgIpc) is 3.27. The van der Waals surface area contributed by atoms with Crippen molar-refractivity contribution in [2.75, 3.05) is 37.0 Å². The Balaban J connectivity index is 1.42. The maximum Gasteiger partial charge on any atom is 0.173 e. The molecule has 3 aromatic heterocycles. The molecule has 168 valence electrons. The number of Topliss-reactive ketones (excluding diaryl/α,β-unsaturated/α-hetero) is 1. The van der Waals surface area contributed by atoms with Crippen LogP contribution in [0.3, 0.4) is 0 Å². The lowest BCUT2D eigenvalue weighted by atomic mass is 9.90. The number of thioether (sulfide) groups is 1. The van der Waals surface area contributed by atoms with Crippen molar-refractivity contribution in [3.8, 4) is 0 Å². The van der Waals surface area contributed by atoms with Gasteiger partial charge in [0, 0.05) is 24.0 Å². The Bertz CT molecular complexity index is 1330. The van der Waals surface area contributed by atoms with Crippen molar-refractivity contribution in [2.24, 2.45) is 0 Å². The summed E-state index contributed by atoms with van der Waals surface area (Å²) >= 11 is 3.15. The van der Waals surface area contributed by atoms with Gasteiger partial charge < -0.3 is 9.64 Å². The van der Waals surface area contributed by atoms with Crippen molar-refractivity contribution in [3.05, 3.63) is 53.3 Å². The number of fused-ring (bicyclic) bond motifs is 5. The fourth-order valence-electron chi connectivity index (χ4n) is 4.80. The number of benzene rings is 1. The molecule has 1 aliphatic heterocycles. The third kappa shape index (κ3) is 3.90. The predicted molar refractivity (Wildman–Crippen MR) is 134 cm³/mol. The van der Waals surface area contributed by atoms with Gasteiger partial charge in [0.2, 0.25) is 0 Å². The number of carbonyl (C=O) groups excluding carboxylic acids is 1. The van der Waals surface area contributed by atoms with Crippen LogP contribution >= 0.6 is 23.1 Å². The van der Waals surface area contributed by atoms with E-state index in [1.165, 1.54) is 41.1 Å². The van der Waals surface area contributed by atoms with E-state index >= 15 is 0 Å². The minimum atomic E-state index is 0.110. The molecule has 0 bridgehead atoms. The number of ketones is 1. The normalized spacial score (nSPS) is 16.3. The average molecular weight is 477 g/mol. The van der Waals surface area contributed by atoms with Crippen LogP contribution in [-0.2, 0) is 17.6 Å². The van der Waals surface area contributed by atoms with Crippen LogP contribution in [0.25, 0.3) is 20.4 Å². The zero-order chi connectivity index (χ0) is 22.2. The lowest BCUT2D eigenvalue weighted by molar-refractivity contribution is 0.102. The highest BCUT2D eigenvalue weighted by atomic mass is 32.2. The highest BCUT2D eigenvalue weighted by molar-refractivity contribution is 8.00. The lowest BCUT2D eigenvalue weighted by Gasteiger charge is -2.31. The molecule has 0 amide bonds. The van der Waals surface area contributed by atoms with Gasteiger partial charge in [-0.05, 0) is 36.8 Å². The fourth-order valence-corrected chi connectivity index (χ4v) is 6.92. The molecular formula is C25H24N4O2S2. The summed E-state index contributed by atoms with van der Waals surface area (Å²) in [6, 6.07) is 9.44. The number of anilines is 1. The first-order valence-corrected chi connectivity index (χ1v) is 13.2. The van der Waals surface area contributed by atoms with Gasteiger partial charge in [0.15, 0.2) is 5.78 Å². The quantitative estimate of drug-likeness (QED) is 0.230. The minimum absolute atomic E-state index is 0.110. The number of ether oxygens (including phenoxy) is 1. The molecule has 1 fully saturated rings. The van der Waals surface area contributed by atoms with Crippen LogP contribution in [-0.4, -0.2) is 52.8 Å². The molecule has 4 aromatic rings. The zero-order valence-electron chi connectivity index (χ0n) is 18.2. The van der Waals surface area contributed by atoms with E-state index in [0.717, 1.165) is 70.6 Å². The van der Waals surface area contributed by atoms with Gasteiger partial charge >= 0.3 is 0 Å². The highest BCUT2D eigenvalue weighted by Gasteiger charge is 2.26. The number of hydrogen-bond donors (Lipinski definition) is 0. The minimum Gasteiger partial charge on any atom is -0.378 e. The summed E-state index contributed by atoms with van der Waals surface area (Å²) in [5, 5.41) is 2.06. The zero-order valence-corrected chi connectivity index (χ0v) is 19.9. The van der Waals surface area contributed by atoms with Crippen LogP contribution in [0.15, 0.2) is 41.7 Å². The number of morpholine rings is 1. The van der Waals surface area contributed by atoms with E-state index in [1.54, 1.807) is 17.7 Å². The van der Waals surface area contributed by atoms with E-state index in [2.05, 4.69) is 9.88 Å². The Morgan fingerprint density at radius 2 is 1.85 bits per heavy atom. The van der Waals surface area contributed by atoms with Crippen LogP contribution in [0.5, 0.6) is 0 Å². The third-order valence-electron chi connectivity index (χ3n) is 6.41. The van der Waals surface area contributed by atoms with E-state index in [1.807, 2.05) is 30.3 Å². The molecule has 1 saturated heterocycles. The molecule has 1 aliphatic carbocycles. The van der Waals surface area contributed by atoms with Gasteiger partial charge in [0.25, 0.3) is 0 Å². The Morgan fingerprint density at radius 1 is 1.06 bits per heavy atom. The van der Waals surface area contributed by atoms with Gasteiger partial charge in [0.1, 0.15) is 22.0 Å². The van der Waals surface area contributed by atoms with E-state index in [0.29, 0.717) is 5.75 Å². The van der Waals surface area contributed by atoms with Crippen molar-refractivity contribution < 1.29 is 9.53 Å². The summed E-state index contributed by atoms with van der Waals surface area (Å²) < 4.78 is 6.62. The summed E-state index contributed by atoms with van der Waals surface area (Å²) in [6.07, 6.45) is 6.17. The number of carbonyl (C=O) groups is 1. The van der Waals surface area contributed by atoms with Crippen molar-refractivity contribution in [1.82, 2.24) is 15.0 Å². The van der Waals surface area contributed by atoms with Gasteiger partial charge in [-0.3, -0.25) is 4.79 Å². The van der Waals surface area contributed by atoms with E-state index < -0.39 is 0 Å². The van der Waals surface area contributed by atoms with Crippen molar-refractivity contribution in [2.45, 2.75) is 30.7 Å². The number of aromatic nitrogens is 3. The molecule has 2 aliphatic rings. The van der Waals surface area contributed by atoms with Gasteiger partial charge in [-0.2, -0.15) is 0 Å². The van der Waals surface area contributed by atoms with Crippen LogP contribution in [0, 0.1) is 0 Å². The molecule has 0 spiro atoms. The summed E-state index contributed by atoms with van der Waals surface area (Å²) in [6.45, 7) is 3.28. The lowest BCUT2D eigenvalue weighted by Crippen LogP contribution is -2.37. The molecule has 0 radical (unpaired) electrons. The molecule has 0 saturated carbocycles. The van der Waals surface area contributed by atoms with E-state index in [-0.39, 0.29) is 5.78 Å². The largest absolute Gasteiger partial charge is 0.378 e. The maximum atomic E-state index is 12.6. The second-order valence-corrected chi connectivity index (χ2v) is 10.4. The predicted octanol–water partition coefficient (Wildman–Crippen LogP) is 4.93. The number of pyridine rings is 1. The first kappa shape index (κ1) is 21.0. The number of thiophene rings is 1. The van der Waals surface area contributed by atoms with Crippen LogP contribution in [0.4, 0.5) is 5.82 Å². The van der Waals surface area contributed by atoms with Crippen molar-refractivity contribution in [3.63, 3.8) is 0 Å². The van der Waals surface area contributed by atoms with E-state index in [4.69, 9.17) is 14.7 Å². The summed E-state index contributed by atoms with van der Waals surface area (Å²) in [4.78, 5) is 30.5. The number of hydrogen-bond acceptors (Lipinski definition) is 8. The van der Waals surface area contributed by atoms with Crippen LogP contribution < -0.4 is 4.90 Å². The molecule has 8 heteroatoms. The molecule has 1 aromatic carbocycles. The molecule has 4 heterocycles. The number of nitrogens with zero attached hydrogens (tertiary/aromatic N) is 4. The smallest absolute Gasteiger partial charge is 0.173 e. The Labute approximate surface area is 200 Å². The second kappa shape index (κ2) is 9.00. The number of aryl methyl sites for hydroxylation is 1. The molecular weight excluding hydrogens is 452 g/mol. The fraction of sp³-hybridized carbons (Fsp3) is 0.360. The molecule has 33 heavy (non-hydrogen) atoms. The number of rotatable bonds is 5. The summed E-state index contributed by atoms with van der Waals surface area (Å²) in [7, 11) is 0. The van der Waals surface area contributed by atoms with Crippen molar-refractivity contribution in [1.29, 1.82) is 0 Å². The Morgan fingerprint density at radius 3 is 2.67 bits per heavy atom. The first-order valence-electron chi connectivity index (χ1n) is 11.4. The SMILES string of the molecule is O=C(CSc1ncnc2c1sc1nc(N3CCOCC3)c3c(c12)CCCC3)c1ccccc1. The molecule has 0 unspecified atom stereocenters. The Hall–Kier alpha value is -2.55. The summed E-state index contributed by atoms with van der Waals surface area (Å²) in [5.41, 5.74) is 4.52. The van der Waals surface area contributed by atoms with E-state index in [9.17, 15) is 4.79 Å². The Kier molecular flexibility index (Phi) is 5.73. The molecule has 0 N–H and O–H groups in total. The molecule has 0 atom stereocenters. The van der Waals surface area contributed by atoms with Crippen LogP contribution in [0.1, 0.15) is 34.3 Å². The monoisotopic (exact) mass is 476 g/mol. The van der Waals surface area contributed by atoms with Gasteiger partial charge in [-0.1, -0.05) is 42.1 Å². The summed E-state index contributed by atoms with van der Waals surface area (Å²) in [5.74, 6) is 1.60. The third-order valence-corrected chi connectivity index (χ3v) is 8.61. The molecule has 6 rings (SSSR count).